The van der Waals surface area contributed by atoms with Crippen molar-refractivity contribution < 1.29 is 4.39 Å². The van der Waals surface area contributed by atoms with E-state index in [4.69, 9.17) is 0 Å². The normalized spacial score (nSPS) is 11.0. The fourth-order valence-electron chi connectivity index (χ4n) is 2.40. The fraction of sp³-hybridized carbons (Fsp3) is 0.167. The molecule has 0 amide bonds. The van der Waals surface area contributed by atoms with Gasteiger partial charge in [0.25, 0.3) is 0 Å². The summed E-state index contributed by atoms with van der Waals surface area (Å²) in [6.45, 7) is 4.15. The van der Waals surface area contributed by atoms with Crippen LogP contribution in [0.1, 0.15) is 19.9 Å². The summed E-state index contributed by atoms with van der Waals surface area (Å²) in [7, 11) is 0. The van der Waals surface area contributed by atoms with Crippen molar-refractivity contribution in [2.45, 2.75) is 19.9 Å². The Morgan fingerprint density at radius 3 is 2.29 bits per heavy atom. The Hall–Kier alpha value is -2.42. The first kappa shape index (κ1) is 13.6. The maximum Gasteiger partial charge on any atom is 0.123 e. The van der Waals surface area contributed by atoms with Crippen molar-refractivity contribution in [2.24, 2.45) is 0 Å². The van der Waals surface area contributed by atoms with E-state index in [1.807, 2.05) is 47.1 Å². The lowest BCUT2D eigenvalue weighted by atomic mass is 10.1. The molecule has 1 heterocycles. The Balaban J connectivity index is 2.14. The second kappa shape index (κ2) is 5.52. The maximum absolute atomic E-state index is 13.5. The van der Waals surface area contributed by atoms with Crippen LogP contribution in [-0.4, -0.2) is 9.78 Å². The molecule has 1 aromatic heterocycles. The SMILES string of the molecule is CC(C)n1nc(-c2ccccc2)cc1-c1cccc(F)c1. The van der Waals surface area contributed by atoms with E-state index in [0.717, 1.165) is 22.5 Å². The lowest BCUT2D eigenvalue weighted by Gasteiger charge is -2.10. The fourth-order valence-corrected chi connectivity index (χ4v) is 2.40. The zero-order chi connectivity index (χ0) is 14.8. The minimum absolute atomic E-state index is 0.209. The molecular formula is C18H17FN2. The van der Waals surface area contributed by atoms with Crippen molar-refractivity contribution in [1.82, 2.24) is 9.78 Å². The quantitative estimate of drug-likeness (QED) is 0.664. The number of hydrogen-bond acceptors (Lipinski definition) is 1. The molecule has 2 nitrogen and oxygen atoms in total. The van der Waals surface area contributed by atoms with Gasteiger partial charge in [-0.25, -0.2) is 4.39 Å². The van der Waals surface area contributed by atoms with Gasteiger partial charge in [-0.2, -0.15) is 5.10 Å². The third-order valence-corrected chi connectivity index (χ3v) is 3.41. The minimum Gasteiger partial charge on any atom is -0.262 e. The van der Waals surface area contributed by atoms with Gasteiger partial charge >= 0.3 is 0 Å². The summed E-state index contributed by atoms with van der Waals surface area (Å²) in [5.41, 5.74) is 3.75. The zero-order valence-corrected chi connectivity index (χ0v) is 12.1. The van der Waals surface area contributed by atoms with E-state index in [0.29, 0.717) is 0 Å². The molecule has 3 aromatic rings. The maximum atomic E-state index is 13.5. The molecule has 106 valence electrons. The highest BCUT2D eigenvalue weighted by atomic mass is 19.1. The summed E-state index contributed by atoms with van der Waals surface area (Å²) in [5.74, 6) is -0.231. The van der Waals surface area contributed by atoms with Crippen LogP contribution in [0, 0.1) is 5.82 Å². The van der Waals surface area contributed by atoms with E-state index in [9.17, 15) is 4.39 Å². The minimum atomic E-state index is -0.231. The summed E-state index contributed by atoms with van der Waals surface area (Å²) in [6, 6.07) is 18.9. The van der Waals surface area contributed by atoms with Crippen molar-refractivity contribution in [3.8, 4) is 22.5 Å². The molecule has 0 aliphatic carbocycles. The molecule has 21 heavy (non-hydrogen) atoms. The molecular weight excluding hydrogens is 263 g/mol. The molecule has 0 radical (unpaired) electrons. The molecule has 0 fully saturated rings. The van der Waals surface area contributed by atoms with Crippen molar-refractivity contribution in [3.63, 3.8) is 0 Å². The molecule has 3 heteroatoms. The molecule has 0 saturated heterocycles. The van der Waals surface area contributed by atoms with Crippen molar-refractivity contribution >= 4 is 0 Å². The average molecular weight is 280 g/mol. The molecule has 0 spiro atoms. The number of rotatable bonds is 3. The van der Waals surface area contributed by atoms with Gasteiger partial charge in [0.2, 0.25) is 0 Å². The summed E-state index contributed by atoms with van der Waals surface area (Å²) in [6.07, 6.45) is 0. The van der Waals surface area contributed by atoms with Crippen molar-refractivity contribution in [2.75, 3.05) is 0 Å². The molecule has 0 aliphatic heterocycles. The molecule has 0 unspecified atom stereocenters. The predicted octanol–water partition coefficient (Wildman–Crippen LogP) is 4.94. The van der Waals surface area contributed by atoms with E-state index >= 15 is 0 Å². The highest BCUT2D eigenvalue weighted by Gasteiger charge is 2.13. The van der Waals surface area contributed by atoms with Gasteiger partial charge < -0.3 is 0 Å². The number of nitrogens with zero attached hydrogens (tertiary/aromatic N) is 2. The van der Waals surface area contributed by atoms with Crippen LogP contribution in [-0.2, 0) is 0 Å². The third-order valence-electron chi connectivity index (χ3n) is 3.41. The van der Waals surface area contributed by atoms with Crippen molar-refractivity contribution in [3.05, 3.63) is 66.5 Å². The van der Waals surface area contributed by atoms with Crippen LogP contribution in [0.25, 0.3) is 22.5 Å². The Kier molecular flexibility index (Phi) is 3.57. The van der Waals surface area contributed by atoms with Crippen molar-refractivity contribution in [1.29, 1.82) is 0 Å². The molecule has 2 aromatic carbocycles. The number of halogens is 1. The number of hydrogen-bond donors (Lipinski definition) is 0. The number of aromatic nitrogens is 2. The van der Waals surface area contributed by atoms with E-state index in [1.54, 1.807) is 12.1 Å². The summed E-state index contributed by atoms with van der Waals surface area (Å²) in [4.78, 5) is 0. The molecule has 0 N–H and O–H groups in total. The van der Waals surface area contributed by atoms with Crippen LogP contribution in [0.3, 0.4) is 0 Å². The summed E-state index contributed by atoms with van der Waals surface area (Å²) >= 11 is 0. The Bertz CT molecular complexity index is 745. The Morgan fingerprint density at radius 1 is 0.905 bits per heavy atom. The van der Waals surface area contributed by atoms with Crippen LogP contribution >= 0.6 is 0 Å². The first-order valence-corrected chi connectivity index (χ1v) is 7.06. The van der Waals surface area contributed by atoms with Crippen LogP contribution in [0.15, 0.2) is 60.7 Å². The number of benzene rings is 2. The zero-order valence-electron chi connectivity index (χ0n) is 12.1. The monoisotopic (exact) mass is 280 g/mol. The second-order valence-corrected chi connectivity index (χ2v) is 5.33. The molecule has 3 rings (SSSR count). The Labute approximate surface area is 123 Å². The van der Waals surface area contributed by atoms with Crippen LogP contribution < -0.4 is 0 Å². The standard InChI is InChI=1S/C18H17FN2/c1-13(2)21-18(15-9-6-10-16(19)11-15)12-17(20-21)14-7-4-3-5-8-14/h3-13H,1-2H3. The van der Waals surface area contributed by atoms with E-state index in [2.05, 4.69) is 18.9 Å². The lowest BCUT2D eigenvalue weighted by Crippen LogP contribution is -2.04. The first-order chi connectivity index (χ1) is 10.1. The molecule has 0 atom stereocenters. The summed E-state index contributed by atoms with van der Waals surface area (Å²) in [5, 5.41) is 4.68. The topological polar surface area (TPSA) is 17.8 Å². The van der Waals surface area contributed by atoms with Gasteiger partial charge in [0, 0.05) is 17.2 Å². The van der Waals surface area contributed by atoms with E-state index < -0.39 is 0 Å². The molecule has 0 aliphatic rings. The summed E-state index contributed by atoms with van der Waals surface area (Å²) < 4.78 is 15.4. The first-order valence-electron chi connectivity index (χ1n) is 7.06. The third kappa shape index (κ3) is 2.72. The Morgan fingerprint density at radius 2 is 1.62 bits per heavy atom. The van der Waals surface area contributed by atoms with Gasteiger partial charge in [-0.3, -0.25) is 4.68 Å². The van der Waals surface area contributed by atoms with Gasteiger partial charge in [-0.1, -0.05) is 42.5 Å². The second-order valence-electron chi connectivity index (χ2n) is 5.33. The van der Waals surface area contributed by atoms with Crippen LogP contribution in [0.5, 0.6) is 0 Å². The van der Waals surface area contributed by atoms with Gasteiger partial charge in [-0.15, -0.1) is 0 Å². The molecule has 0 saturated carbocycles. The van der Waals surface area contributed by atoms with Crippen LogP contribution in [0.2, 0.25) is 0 Å². The van der Waals surface area contributed by atoms with E-state index in [1.165, 1.54) is 6.07 Å². The van der Waals surface area contributed by atoms with Gasteiger partial charge in [-0.05, 0) is 32.0 Å². The van der Waals surface area contributed by atoms with Gasteiger partial charge in [0.05, 0.1) is 11.4 Å². The average Bonchev–Trinajstić information content (AvgIpc) is 2.93. The highest BCUT2D eigenvalue weighted by Crippen LogP contribution is 2.28. The smallest absolute Gasteiger partial charge is 0.123 e. The lowest BCUT2D eigenvalue weighted by molar-refractivity contribution is 0.539. The highest BCUT2D eigenvalue weighted by molar-refractivity contribution is 5.68. The largest absolute Gasteiger partial charge is 0.262 e. The van der Waals surface area contributed by atoms with Gasteiger partial charge in [0.15, 0.2) is 0 Å². The van der Waals surface area contributed by atoms with Crippen LogP contribution in [0.4, 0.5) is 4.39 Å². The molecule has 0 bridgehead atoms. The van der Waals surface area contributed by atoms with E-state index in [-0.39, 0.29) is 11.9 Å². The predicted molar refractivity (Wildman–Crippen MR) is 83.4 cm³/mol. The van der Waals surface area contributed by atoms with Gasteiger partial charge in [0.1, 0.15) is 5.82 Å².